The highest BCUT2D eigenvalue weighted by Gasteiger charge is 2.19. The van der Waals surface area contributed by atoms with Crippen LogP contribution in [-0.4, -0.2) is 60.2 Å². The zero-order chi connectivity index (χ0) is 18.2. The first-order chi connectivity index (χ1) is 12.0. The molecule has 1 aromatic rings. The maximum atomic E-state index is 12.3. The van der Waals surface area contributed by atoms with E-state index in [0.717, 1.165) is 19.5 Å². The van der Waals surface area contributed by atoms with Gasteiger partial charge in [0.25, 0.3) is 0 Å². The molecule has 0 saturated carbocycles. The Balaban J connectivity index is 1.86. The van der Waals surface area contributed by atoms with Crippen molar-refractivity contribution in [3.05, 3.63) is 24.3 Å². The molecule has 7 nitrogen and oxygen atoms in total. The zero-order valence-electron chi connectivity index (χ0n) is 14.9. The minimum Gasteiger partial charge on any atom is -0.341 e. The quantitative estimate of drug-likeness (QED) is 0.847. The lowest BCUT2D eigenvalue weighted by Gasteiger charge is -2.21. The molecule has 1 aliphatic rings. The normalized spacial score (nSPS) is 15.4. The number of amides is 3. The zero-order valence-corrected chi connectivity index (χ0v) is 14.9. The van der Waals surface area contributed by atoms with Crippen LogP contribution in [0.25, 0.3) is 0 Å². The molecule has 0 spiro atoms. The van der Waals surface area contributed by atoms with E-state index >= 15 is 0 Å². The van der Waals surface area contributed by atoms with Gasteiger partial charge >= 0.3 is 0 Å². The molecular weight excluding hydrogens is 320 g/mol. The van der Waals surface area contributed by atoms with Crippen molar-refractivity contribution in [2.75, 3.05) is 43.4 Å². The van der Waals surface area contributed by atoms with Crippen molar-refractivity contribution in [3.8, 4) is 0 Å². The number of nitrogens with one attached hydrogen (secondary N) is 2. The Morgan fingerprint density at radius 2 is 1.76 bits per heavy atom. The highest BCUT2D eigenvalue weighted by molar-refractivity contribution is 5.94. The van der Waals surface area contributed by atoms with Gasteiger partial charge in [-0.05, 0) is 24.6 Å². The fraction of sp³-hybridized carbons (Fsp3) is 0.500. The summed E-state index contributed by atoms with van der Waals surface area (Å²) in [4.78, 5) is 39.1. The molecule has 0 aliphatic carbocycles. The lowest BCUT2D eigenvalue weighted by molar-refractivity contribution is -0.130. The number of nitrogens with zero attached hydrogens (tertiary/aromatic N) is 2. The summed E-state index contributed by atoms with van der Waals surface area (Å²) >= 11 is 0. The number of anilines is 2. The Labute approximate surface area is 148 Å². The van der Waals surface area contributed by atoms with Gasteiger partial charge in [-0.15, -0.1) is 0 Å². The summed E-state index contributed by atoms with van der Waals surface area (Å²) in [5.74, 6) is -0.0874. The van der Waals surface area contributed by atoms with E-state index in [9.17, 15) is 14.4 Å². The molecule has 1 heterocycles. The molecule has 1 aromatic carbocycles. The van der Waals surface area contributed by atoms with Gasteiger partial charge in [-0.25, -0.2) is 0 Å². The van der Waals surface area contributed by atoms with Crippen molar-refractivity contribution in [2.45, 2.75) is 26.7 Å². The molecule has 0 bridgehead atoms. The lowest BCUT2D eigenvalue weighted by atomic mass is 10.2. The monoisotopic (exact) mass is 346 g/mol. The molecular formula is C18H26N4O3. The van der Waals surface area contributed by atoms with Crippen molar-refractivity contribution in [3.63, 3.8) is 0 Å². The SMILES string of the molecule is CCC(=O)N1CCCN(CC(=O)Nc2cccc(NC(C)=O)c2)CC1. The summed E-state index contributed by atoms with van der Waals surface area (Å²) in [6.07, 6.45) is 1.39. The molecule has 0 radical (unpaired) electrons. The van der Waals surface area contributed by atoms with Gasteiger partial charge in [-0.1, -0.05) is 13.0 Å². The summed E-state index contributed by atoms with van der Waals surface area (Å²) in [5.41, 5.74) is 1.29. The molecule has 1 fully saturated rings. The van der Waals surface area contributed by atoms with E-state index in [1.807, 2.05) is 11.8 Å². The van der Waals surface area contributed by atoms with Gasteiger partial charge in [0.15, 0.2) is 0 Å². The van der Waals surface area contributed by atoms with Crippen molar-refractivity contribution in [2.24, 2.45) is 0 Å². The number of hydrogen-bond acceptors (Lipinski definition) is 4. The smallest absolute Gasteiger partial charge is 0.238 e. The van der Waals surface area contributed by atoms with E-state index in [2.05, 4.69) is 15.5 Å². The largest absolute Gasteiger partial charge is 0.341 e. The van der Waals surface area contributed by atoms with Gasteiger partial charge < -0.3 is 15.5 Å². The Hall–Kier alpha value is -2.41. The number of rotatable bonds is 5. The summed E-state index contributed by atoms with van der Waals surface area (Å²) in [6, 6.07) is 7.06. The maximum Gasteiger partial charge on any atom is 0.238 e. The topological polar surface area (TPSA) is 81.8 Å². The van der Waals surface area contributed by atoms with Crippen LogP contribution in [0.15, 0.2) is 24.3 Å². The molecule has 1 aliphatic heterocycles. The van der Waals surface area contributed by atoms with Crippen LogP contribution in [0.4, 0.5) is 11.4 Å². The van der Waals surface area contributed by atoms with Crippen LogP contribution in [0.3, 0.4) is 0 Å². The highest BCUT2D eigenvalue weighted by atomic mass is 16.2. The molecule has 2 N–H and O–H groups in total. The minimum absolute atomic E-state index is 0.102. The summed E-state index contributed by atoms with van der Waals surface area (Å²) in [5, 5.41) is 5.55. The predicted octanol–water partition coefficient (Wildman–Crippen LogP) is 1.53. The number of carbonyl (C=O) groups excluding carboxylic acids is 3. The van der Waals surface area contributed by atoms with Crippen LogP contribution in [0.1, 0.15) is 26.7 Å². The van der Waals surface area contributed by atoms with Gasteiger partial charge in [0.05, 0.1) is 6.54 Å². The van der Waals surface area contributed by atoms with Crippen molar-refractivity contribution < 1.29 is 14.4 Å². The van der Waals surface area contributed by atoms with Gasteiger partial charge in [-0.2, -0.15) is 0 Å². The average molecular weight is 346 g/mol. The fourth-order valence-electron chi connectivity index (χ4n) is 2.88. The second-order valence-electron chi connectivity index (χ2n) is 6.17. The molecule has 0 atom stereocenters. The lowest BCUT2D eigenvalue weighted by Crippen LogP contribution is -2.37. The first-order valence-electron chi connectivity index (χ1n) is 8.65. The van der Waals surface area contributed by atoms with E-state index in [4.69, 9.17) is 0 Å². The molecule has 3 amide bonds. The number of carbonyl (C=O) groups is 3. The molecule has 7 heteroatoms. The van der Waals surface area contributed by atoms with Crippen LogP contribution < -0.4 is 10.6 Å². The third-order valence-electron chi connectivity index (χ3n) is 4.08. The van der Waals surface area contributed by atoms with Crippen LogP contribution in [-0.2, 0) is 14.4 Å². The summed E-state index contributed by atoms with van der Waals surface area (Å²) < 4.78 is 0. The minimum atomic E-state index is -0.153. The second-order valence-corrected chi connectivity index (χ2v) is 6.17. The average Bonchev–Trinajstić information content (AvgIpc) is 2.79. The molecule has 0 aromatic heterocycles. The van der Waals surface area contributed by atoms with Crippen LogP contribution >= 0.6 is 0 Å². The number of benzene rings is 1. The first kappa shape index (κ1) is 18.9. The number of hydrogen-bond donors (Lipinski definition) is 2. The van der Waals surface area contributed by atoms with E-state index < -0.39 is 0 Å². The molecule has 25 heavy (non-hydrogen) atoms. The van der Waals surface area contributed by atoms with E-state index in [1.54, 1.807) is 24.3 Å². The second kappa shape index (κ2) is 9.17. The van der Waals surface area contributed by atoms with Crippen molar-refractivity contribution in [1.82, 2.24) is 9.80 Å². The van der Waals surface area contributed by atoms with Gasteiger partial charge in [0.2, 0.25) is 17.7 Å². The summed E-state index contributed by atoms with van der Waals surface area (Å²) in [7, 11) is 0. The Morgan fingerprint density at radius 3 is 2.44 bits per heavy atom. The van der Waals surface area contributed by atoms with E-state index in [0.29, 0.717) is 37.4 Å². The Morgan fingerprint density at radius 1 is 1.04 bits per heavy atom. The third-order valence-corrected chi connectivity index (χ3v) is 4.08. The van der Waals surface area contributed by atoms with Crippen LogP contribution in [0, 0.1) is 0 Å². The predicted molar refractivity (Wildman–Crippen MR) is 97.3 cm³/mol. The van der Waals surface area contributed by atoms with Crippen molar-refractivity contribution >= 4 is 29.1 Å². The first-order valence-corrected chi connectivity index (χ1v) is 8.65. The Bertz CT molecular complexity index is 633. The third kappa shape index (κ3) is 6.19. The molecule has 1 saturated heterocycles. The van der Waals surface area contributed by atoms with Crippen LogP contribution in [0.2, 0.25) is 0 Å². The molecule has 0 unspecified atom stereocenters. The highest BCUT2D eigenvalue weighted by Crippen LogP contribution is 2.15. The fourth-order valence-corrected chi connectivity index (χ4v) is 2.88. The molecule has 2 rings (SSSR count). The molecule has 136 valence electrons. The van der Waals surface area contributed by atoms with Gasteiger partial charge in [0.1, 0.15) is 0 Å². The summed E-state index contributed by atoms with van der Waals surface area (Å²) in [6.45, 7) is 6.52. The van der Waals surface area contributed by atoms with E-state index in [1.165, 1.54) is 6.92 Å². The van der Waals surface area contributed by atoms with E-state index in [-0.39, 0.29) is 17.7 Å². The van der Waals surface area contributed by atoms with Gasteiger partial charge in [-0.3, -0.25) is 19.3 Å². The maximum absolute atomic E-state index is 12.3. The van der Waals surface area contributed by atoms with Crippen LogP contribution in [0.5, 0.6) is 0 Å². The Kier molecular flexibility index (Phi) is 6.94. The standard InChI is InChI=1S/C18H26N4O3/c1-3-18(25)22-9-5-8-21(10-11-22)13-17(24)20-16-7-4-6-15(12-16)19-14(2)23/h4,6-7,12H,3,5,8-11,13H2,1-2H3,(H,19,23)(H,20,24). The van der Waals surface area contributed by atoms with Crippen molar-refractivity contribution in [1.29, 1.82) is 0 Å². The van der Waals surface area contributed by atoms with Gasteiger partial charge in [0, 0.05) is 50.9 Å².